The molecule has 1 aliphatic rings. The number of likely N-dealkylation sites (tertiary alicyclic amines) is 1. The number of nitrogens with zero attached hydrogens (tertiary/aromatic N) is 1. The molecular weight excluding hydrogens is 400 g/mol. The van der Waals surface area contributed by atoms with Gasteiger partial charge < -0.3 is 9.64 Å². The van der Waals surface area contributed by atoms with Crippen molar-refractivity contribution < 1.29 is 17.9 Å². The Bertz CT molecular complexity index is 1170. The highest BCUT2D eigenvalue weighted by atomic mass is 32.2. The summed E-state index contributed by atoms with van der Waals surface area (Å²) in [6.07, 6.45) is -0.0263. The Morgan fingerprint density at radius 2 is 1.80 bits per heavy atom. The zero-order chi connectivity index (χ0) is 21.1. The van der Waals surface area contributed by atoms with Crippen molar-refractivity contribution in [2.24, 2.45) is 0 Å². The minimum Gasteiger partial charge on any atom is -0.370 e. The molecule has 7 heteroatoms. The lowest BCUT2D eigenvalue weighted by Gasteiger charge is -2.39. The van der Waals surface area contributed by atoms with Gasteiger partial charge in [0, 0.05) is 25.2 Å². The molecule has 156 valence electrons. The van der Waals surface area contributed by atoms with E-state index in [2.05, 4.69) is 29.0 Å². The van der Waals surface area contributed by atoms with Gasteiger partial charge in [0.05, 0.1) is 17.6 Å². The third-order valence-corrected chi connectivity index (χ3v) is 6.76. The summed E-state index contributed by atoms with van der Waals surface area (Å²) in [5.74, 6) is -0.187. The Balaban J connectivity index is 1.36. The number of nitrogens with one attached hydrogen (secondary N) is 1. The van der Waals surface area contributed by atoms with E-state index in [4.69, 9.17) is 4.74 Å². The summed E-state index contributed by atoms with van der Waals surface area (Å²) in [7, 11) is -3.59. The highest BCUT2D eigenvalue weighted by Crippen LogP contribution is 2.22. The van der Waals surface area contributed by atoms with Gasteiger partial charge in [0.15, 0.2) is 0 Å². The Morgan fingerprint density at radius 1 is 1.07 bits per heavy atom. The maximum absolute atomic E-state index is 12.7. The van der Waals surface area contributed by atoms with Crippen LogP contribution in [0.5, 0.6) is 0 Å². The number of hydrogen-bond acceptors (Lipinski definition) is 4. The van der Waals surface area contributed by atoms with Gasteiger partial charge in [-0.3, -0.25) is 4.79 Å². The van der Waals surface area contributed by atoms with Gasteiger partial charge in [0.2, 0.25) is 10.0 Å². The SMILES string of the molecule is CCNS(=O)(=O)c1cccc(C(=O)N2CC(OCc3cccc4ccccc34)C2)c1. The molecule has 4 rings (SSSR count). The molecule has 0 aliphatic carbocycles. The highest BCUT2D eigenvalue weighted by molar-refractivity contribution is 7.89. The first-order valence-electron chi connectivity index (χ1n) is 9.95. The van der Waals surface area contributed by atoms with Crippen LogP contribution in [0.15, 0.2) is 71.6 Å². The van der Waals surface area contributed by atoms with E-state index in [0.29, 0.717) is 31.8 Å². The molecule has 0 bridgehead atoms. The molecule has 0 aromatic heterocycles. The molecule has 0 atom stereocenters. The minimum atomic E-state index is -3.59. The van der Waals surface area contributed by atoms with Crippen molar-refractivity contribution in [3.63, 3.8) is 0 Å². The van der Waals surface area contributed by atoms with Crippen LogP contribution in [0.2, 0.25) is 0 Å². The van der Waals surface area contributed by atoms with Crippen molar-refractivity contribution >= 4 is 26.7 Å². The zero-order valence-corrected chi connectivity index (χ0v) is 17.6. The predicted molar refractivity (Wildman–Crippen MR) is 116 cm³/mol. The molecule has 3 aromatic rings. The van der Waals surface area contributed by atoms with Crippen LogP contribution in [0.1, 0.15) is 22.8 Å². The van der Waals surface area contributed by atoms with Gasteiger partial charge in [-0.2, -0.15) is 0 Å². The lowest BCUT2D eigenvalue weighted by atomic mass is 10.0. The number of amides is 1. The second kappa shape index (κ2) is 8.55. The molecule has 1 N–H and O–H groups in total. The number of ether oxygens (including phenoxy) is 1. The quantitative estimate of drug-likeness (QED) is 0.632. The smallest absolute Gasteiger partial charge is 0.254 e. The van der Waals surface area contributed by atoms with Gasteiger partial charge in [-0.05, 0) is 34.5 Å². The van der Waals surface area contributed by atoms with E-state index < -0.39 is 10.0 Å². The molecule has 1 fully saturated rings. The Labute approximate surface area is 176 Å². The minimum absolute atomic E-state index is 0.0263. The van der Waals surface area contributed by atoms with Crippen molar-refractivity contribution in [1.82, 2.24) is 9.62 Å². The number of carbonyl (C=O) groups is 1. The standard InChI is InChI=1S/C23H24N2O4S/c1-2-24-30(27,28)21-11-6-9-18(13-21)23(26)25-14-20(15-25)29-16-19-10-5-8-17-7-3-4-12-22(17)19/h3-13,20,24H,2,14-16H2,1H3. The van der Waals surface area contributed by atoms with Crippen LogP contribution >= 0.6 is 0 Å². The van der Waals surface area contributed by atoms with E-state index in [1.54, 1.807) is 24.0 Å². The second-order valence-electron chi connectivity index (χ2n) is 7.31. The number of fused-ring (bicyclic) bond motifs is 1. The van der Waals surface area contributed by atoms with Gasteiger partial charge in [-0.25, -0.2) is 13.1 Å². The molecule has 0 saturated carbocycles. The number of sulfonamides is 1. The number of hydrogen-bond donors (Lipinski definition) is 1. The number of rotatable bonds is 7. The highest BCUT2D eigenvalue weighted by Gasteiger charge is 2.32. The molecular formula is C23H24N2O4S. The fourth-order valence-corrected chi connectivity index (χ4v) is 4.67. The van der Waals surface area contributed by atoms with Crippen molar-refractivity contribution in [3.05, 3.63) is 77.9 Å². The van der Waals surface area contributed by atoms with Crippen molar-refractivity contribution in [2.45, 2.75) is 24.5 Å². The van der Waals surface area contributed by atoms with Gasteiger partial charge in [-0.1, -0.05) is 55.5 Å². The van der Waals surface area contributed by atoms with Crippen LogP contribution in [0, 0.1) is 0 Å². The summed E-state index contributed by atoms with van der Waals surface area (Å²) in [4.78, 5) is 14.5. The van der Waals surface area contributed by atoms with Crippen LogP contribution in [0.4, 0.5) is 0 Å². The normalized spacial score (nSPS) is 14.6. The Hall–Kier alpha value is -2.74. The molecule has 0 unspecified atom stereocenters. The van der Waals surface area contributed by atoms with Crippen LogP contribution in [-0.2, 0) is 21.4 Å². The van der Waals surface area contributed by atoms with Crippen LogP contribution < -0.4 is 4.72 Å². The van der Waals surface area contributed by atoms with E-state index in [1.807, 2.05) is 18.2 Å². The Morgan fingerprint density at radius 3 is 2.60 bits per heavy atom. The van der Waals surface area contributed by atoms with E-state index in [0.717, 1.165) is 5.56 Å². The molecule has 1 aliphatic heterocycles. The first-order chi connectivity index (χ1) is 14.5. The van der Waals surface area contributed by atoms with E-state index >= 15 is 0 Å². The number of carbonyl (C=O) groups excluding carboxylic acids is 1. The van der Waals surface area contributed by atoms with E-state index in [9.17, 15) is 13.2 Å². The van der Waals surface area contributed by atoms with E-state index in [1.165, 1.54) is 22.9 Å². The fourth-order valence-electron chi connectivity index (χ4n) is 3.59. The van der Waals surface area contributed by atoms with Gasteiger partial charge >= 0.3 is 0 Å². The molecule has 0 radical (unpaired) electrons. The van der Waals surface area contributed by atoms with Gasteiger partial charge in [0.1, 0.15) is 0 Å². The first-order valence-corrected chi connectivity index (χ1v) is 11.4. The Kier molecular flexibility index (Phi) is 5.85. The summed E-state index contributed by atoms with van der Waals surface area (Å²) in [6, 6.07) is 20.5. The monoisotopic (exact) mass is 424 g/mol. The molecule has 6 nitrogen and oxygen atoms in total. The molecule has 0 spiro atoms. The maximum atomic E-state index is 12.7. The summed E-state index contributed by atoms with van der Waals surface area (Å²) in [6.45, 7) is 3.49. The molecule has 1 heterocycles. The molecule has 1 saturated heterocycles. The second-order valence-corrected chi connectivity index (χ2v) is 9.08. The molecule has 3 aromatic carbocycles. The lowest BCUT2D eigenvalue weighted by molar-refractivity contribution is -0.0500. The van der Waals surface area contributed by atoms with Gasteiger partial charge in [0.25, 0.3) is 5.91 Å². The average molecular weight is 425 g/mol. The third-order valence-electron chi connectivity index (χ3n) is 5.22. The van der Waals surface area contributed by atoms with Crippen LogP contribution in [0.25, 0.3) is 10.8 Å². The molecule has 30 heavy (non-hydrogen) atoms. The van der Waals surface area contributed by atoms with Gasteiger partial charge in [-0.15, -0.1) is 0 Å². The summed E-state index contributed by atoms with van der Waals surface area (Å²) in [5, 5.41) is 2.35. The van der Waals surface area contributed by atoms with Crippen molar-refractivity contribution in [1.29, 1.82) is 0 Å². The summed E-state index contributed by atoms with van der Waals surface area (Å²) < 4.78 is 32.8. The first kappa shape index (κ1) is 20.5. The summed E-state index contributed by atoms with van der Waals surface area (Å²) >= 11 is 0. The largest absolute Gasteiger partial charge is 0.370 e. The van der Waals surface area contributed by atoms with E-state index in [-0.39, 0.29) is 16.9 Å². The fraction of sp³-hybridized carbons (Fsp3) is 0.261. The maximum Gasteiger partial charge on any atom is 0.254 e. The summed E-state index contributed by atoms with van der Waals surface area (Å²) in [5.41, 5.74) is 1.49. The third kappa shape index (κ3) is 4.23. The zero-order valence-electron chi connectivity index (χ0n) is 16.7. The van der Waals surface area contributed by atoms with Crippen molar-refractivity contribution in [2.75, 3.05) is 19.6 Å². The van der Waals surface area contributed by atoms with Crippen molar-refractivity contribution in [3.8, 4) is 0 Å². The lowest BCUT2D eigenvalue weighted by Crippen LogP contribution is -2.54. The van der Waals surface area contributed by atoms with Crippen LogP contribution in [-0.4, -0.2) is 45.0 Å². The molecule has 1 amide bonds. The average Bonchev–Trinajstić information content (AvgIpc) is 2.72. The topological polar surface area (TPSA) is 75.7 Å². The van der Waals surface area contributed by atoms with Crippen LogP contribution in [0.3, 0.4) is 0 Å². The predicted octanol–water partition coefficient (Wildman–Crippen LogP) is 3.18. The number of benzene rings is 3.